The van der Waals surface area contributed by atoms with Gasteiger partial charge in [0.05, 0.1) is 23.4 Å². The Morgan fingerprint density at radius 3 is 2.60 bits per heavy atom. The van der Waals surface area contributed by atoms with E-state index in [0.717, 1.165) is 16.3 Å². The summed E-state index contributed by atoms with van der Waals surface area (Å²) >= 11 is 13.3. The molecule has 0 saturated carbocycles. The monoisotopic (exact) mass is 393 g/mol. The van der Waals surface area contributed by atoms with E-state index in [1.807, 2.05) is 29.6 Å². The van der Waals surface area contributed by atoms with Crippen LogP contribution in [0.5, 0.6) is 5.75 Å². The summed E-state index contributed by atoms with van der Waals surface area (Å²) in [5.41, 5.74) is 1.93. The second kappa shape index (κ2) is 7.87. The van der Waals surface area contributed by atoms with E-state index in [1.165, 1.54) is 23.5 Å². The van der Waals surface area contributed by atoms with Crippen molar-refractivity contribution in [3.05, 3.63) is 69.1 Å². The normalized spacial score (nSPS) is 10.5. The molecule has 0 saturated heterocycles. The Bertz CT molecular complexity index is 894. The highest BCUT2D eigenvalue weighted by molar-refractivity contribution is 7.13. The molecule has 0 aliphatic carbocycles. The molecule has 128 valence electrons. The number of halogens is 2. The SMILES string of the molecule is COc1ccc(-c2nc(COC(=O)c3ccc(Cl)cc3Cl)cs2)cc1. The first-order valence-corrected chi connectivity index (χ1v) is 8.91. The first-order valence-electron chi connectivity index (χ1n) is 7.28. The topological polar surface area (TPSA) is 48.4 Å². The average Bonchev–Trinajstić information content (AvgIpc) is 3.09. The lowest BCUT2D eigenvalue weighted by Gasteiger charge is -2.05. The largest absolute Gasteiger partial charge is 0.497 e. The third kappa shape index (κ3) is 4.31. The standard InChI is InChI=1S/C18H13Cl2NO3S/c1-23-14-5-2-11(3-6-14)17-21-13(10-25-17)9-24-18(22)15-7-4-12(19)8-16(15)20/h2-8,10H,9H2,1H3. The lowest BCUT2D eigenvalue weighted by atomic mass is 10.2. The number of rotatable bonds is 5. The molecule has 3 aromatic rings. The summed E-state index contributed by atoms with van der Waals surface area (Å²) in [6.45, 7) is 0.0739. The van der Waals surface area contributed by atoms with Crippen LogP contribution < -0.4 is 4.74 Å². The van der Waals surface area contributed by atoms with Crippen molar-refractivity contribution in [2.75, 3.05) is 7.11 Å². The van der Waals surface area contributed by atoms with Gasteiger partial charge in [-0.15, -0.1) is 11.3 Å². The summed E-state index contributed by atoms with van der Waals surface area (Å²) in [5.74, 6) is 0.273. The molecule has 0 N–H and O–H groups in total. The van der Waals surface area contributed by atoms with Crippen LogP contribution in [0.4, 0.5) is 0 Å². The summed E-state index contributed by atoms with van der Waals surface area (Å²) < 4.78 is 10.4. The first-order chi connectivity index (χ1) is 12.1. The third-order valence-corrected chi connectivity index (χ3v) is 4.88. The van der Waals surface area contributed by atoms with Gasteiger partial charge in [0.25, 0.3) is 0 Å². The van der Waals surface area contributed by atoms with Crippen LogP contribution in [0.3, 0.4) is 0 Å². The molecule has 25 heavy (non-hydrogen) atoms. The summed E-state index contributed by atoms with van der Waals surface area (Å²) in [6, 6.07) is 12.2. The molecule has 0 spiro atoms. The smallest absolute Gasteiger partial charge is 0.340 e. The molecule has 7 heteroatoms. The van der Waals surface area contributed by atoms with Crippen LogP contribution in [0, 0.1) is 0 Å². The van der Waals surface area contributed by atoms with Crippen LogP contribution in [0.2, 0.25) is 10.0 Å². The van der Waals surface area contributed by atoms with Gasteiger partial charge in [-0.25, -0.2) is 9.78 Å². The molecule has 0 amide bonds. The highest BCUT2D eigenvalue weighted by Crippen LogP contribution is 2.26. The Labute approximate surface area is 158 Å². The Hall–Kier alpha value is -2.08. The fourth-order valence-corrected chi connectivity index (χ4v) is 3.41. The molecule has 0 aliphatic heterocycles. The zero-order chi connectivity index (χ0) is 17.8. The maximum absolute atomic E-state index is 12.1. The zero-order valence-corrected chi connectivity index (χ0v) is 15.5. The van der Waals surface area contributed by atoms with Crippen LogP contribution in [0.25, 0.3) is 10.6 Å². The van der Waals surface area contributed by atoms with Crippen molar-refractivity contribution in [2.24, 2.45) is 0 Å². The van der Waals surface area contributed by atoms with Gasteiger partial charge in [0.15, 0.2) is 0 Å². The predicted octanol–water partition coefficient (Wildman–Crippen LogP) is 5.48. The maximum Gasteiger partial charge on any atom is 0.340 e. The van der Waals surface area contributed by atoms with E-state index in [0.29, 0.717) is 10.7 Å². The van der Waals surface area contributed by atoms with Gasteiger partial charge < -0.3 is 9.47 Å². The molecule has 1 heterocycles. The van der Waals surface area contributed by atoms with E-state index in [9.17, 15) is 4.79 Å². The molecule has 0 aliphatic rings. The number of hydrogen-bond acceptors (Lipinski definition) is 5. The molecular formula is C18H13Cl2NO3S. The molecule has 0 fully saturated rings. The van der Waals surface area contributed by atoms with E-state index in [-0.39, 0.29) is 17.2 Å². The van der Waals surface area contributed by atoms with Gasteiger partial charge in [-0.2, -0.15) is 0 Å². The van der Waals surface area contributed by atoms with Gasteiger partial charge in [-0.1, -0.05) is 23.2 Å². The van der Waals surface area contributed by atoms with Crippen LogP contribution in [0.15, 0.2) is 47.8 Å². The number of carbonyl (C=O) groups is 1. The van der Waals surface area contributed by atoms with Gasteiger partial charge in [-0.05, 0) is 42.5 Å². The Kier molecular flexibility index (Phi) is 5.58. The lowest BCUT2D eigenvalue weighted by Crippen LogP contribution is -2.06. The van der Waals surface area contributed by atoms with Crippen molar-refractivity contribution >= 4 is 40.5 Å². The minimum absolute atomic E-state index is 0.0739. The average molecular weight is 394 g/mol. The van der Waals surface area contributed by atoms with E-state index in [1.54, 1.807) is 13.2 Å². The number of ether oxygens (including phenoxy) is 2. The van der Waals surface area contributed by atoms with Crippen molar-refractivity contribution in [3.63, 3.8) is 0 Å². The minimum Gasteiger partial charge on any atom is -0.497 e. The number of esters is 1. The van der Waals surface area contributed by atoms with Gasteiger partial charge in [-0.3, -0.25) is 0 Å². The maximum atomic E-state index is 12.1. The molecule has 0 unspecified atom stereocenters. The van der Waals surface area contributed by atoms with E-state index in [4.69, 9.17) is 32.7 Å². The van der Waals surface area contributed by atoms with Crippen molar-refractivity contribution < 1.29 is 14.3 Å². The molecular weight excluding hydrogens is 381 g/mol. The number of benzene rings is 2. The lowest BCUT2D eigenvalue weighted by molar-refractivity contribution is 0.0468. The highest BCUT2D eigenvalue weighted by atomic mass is 35.5. The van der Waals surface area contributed by atoms with Gasteiger partial charge in [0, 0.05) is 16.0 Å². The number of carbonyl (C=O) groups excluding carboxylic acids is 1. The minimum atomic E-state index is -0.513. The molecule has 0 radical (unpaired) electrons. The van der Waals surface area contributed by atoms with Crippen molar-refractivity contribution in [2.45, 2.75) is 6.61 Å². The van der Waals surface area contributed by atoms with Crippen LogP contribution in [0.1, 0.15) is 16.1 Å². The second-order valence-corrected chi connectivity index (χ2v) is 6.77. The number of nitrogens with zero attached hydrogens (tertiary/aromatic N) is 1. The van der Waals surface area contributed by atoms with Crippen LogP contribution >= 0.6 is 34.5 Å². The Balaban J connectivity index is 1.66. The third-order valence-electron chi connectivity index (χ3n) is 3.39. The second-order valence-electron chi connectivity index (χ2n) is 5.07. The van der Waals surface area contributed by atoms with Gasteiger partial charge in [0.1, 0.15) is 17.4 Å². The quantitative estimate of drug-likeness (QED) is 0.538. The van der Waals surface area contributed by atoms with Gasteiger partial charge in [0.2, 0.25) is 0 Å². The van der Waals surface area contributed by atoms with Crippen molar-refractivity contribution in [1.82, 2.24) is 4.98 Å². The molecule has 2 aromatic carbocycles. The Morgan fingerprint density at radius 1 is 1.16 bits per heavy atom. The number of aromatic nitrogens is 1. The Morgan fingerprint density at radius 2 is 1.92 bits per heavy atom. The zero-order valence-electron chi connectivity index (χ0n) is 13.2. The highest BCUT2D eigenvalue weighted by Gasteiger charge is 2.13. The summed E-state index contributed by atoms with van der Waals surface area (Å²) in [4.78, 5) is 16.6. The van der Waals surface area contributed by atoms with Crippen LogP contribution in [-0.4, -0.2) is 18.1 Å². The van der Waals surface area contributed by atoms with E-state index in [2.05, 4.69) is 4.98 Å². The molecule has 0 bridgehead atoms. The van der Waals surface area contributed by atoms with E-state index < -0.39 is 5.97 Å². The van der Waals surface area contributed by atoms with Crippen LogP contribution in [-0.2, 0) is 11.3 Å². The molecule has 1 aromatic heterocycles. The number of methoxy groups -OCH3 is 1. The van der Waals surface area contributed by atoms with E-state index >= 15 is 0 Å². The number of hydrogen-bond donors (Lipinski definition) is 0. The fraction of sp³-hybridized carbons (Fsp3) is 0.111. The predicted molar refractivity (Wildman–Crippen MR) is 99.7 cm³/mol. The summed E-state index contributed by atoms with van der Waals surface area (Å²) in [7, 11) is 1.62. The summed E-state index contributed by atoms with van der Waals surface area (Å²) in [6.07, 6.45) is 0. The fourth-order valence-electron chi connectivity index (χ4n) is 2.11. The van der Waals surface area contributed by atoms with Crippen molar-refractivity contribution in [1.29, 1.82) is 0 Å². The molecule has 0 atom stereocenters. The first kappa shape index (κ1) is 17.7. The summed E-state index contributed by atoms with van der Waals surface area (Å²) in [5, 5.41) is 3.43. The molecule has 4 nitrogen and oxygen atoms in total. The van der Waals surface area contributed by atoms with Gasteiger partial charge >= 0.3 is 5.97 Å². The number of thiazole rings is 1. The van der Waals surface area contributed by atoms with Crippen molar-refractivity contribution in [3.8, 4) is 16.3 Å². The molecule has 3 rings (SSSR count).